The van der Waals surface area contributed by atoms with E-state index >= 15 is 0 Å². The molecule has 0 aliphatic heterocycles. The number of hydrogen-bond donors (Lipinski definition) is 1. The van der Waals surface area contributed by atoms with Crippen molar-refractivity contribution >= 4 is 0 Å². The van der Waals surface area contributed by atoms with Crippen molar-refractivity contribution in [3.8, 4) is 0 Å². The Morgan fingerprint density at radius 2 is 1.92 bits per heavy atom. The van der Waals surface area contributed by atoms with Crippen LogP contribution in [0.2, 0.25) is 0 Å². The lowest BCUT2D eigenvalue weighted by atomic mass is 10.0. The van der Waals surface area contributed by atoms with E-state index in [1.54, 1.807) is 6.92 Å². The van der Waals surface area contributed by atoms with Gasteiger partial charge in [-0.1, -0.05) is 24.3 Å². The van der Waals surface area contributed by atoms with E-state index in [2.05, 4.69) is 0 Å². The largest absolute Gasteiger partial charge is 0.330 e. The molecule has 1 atom stereocenters. The molecule has 0 aliphatic rings. The third-order valence-corrected chi connectivity index (χ3v) is 2.03. The molecule has 2 N–H and O–H groups in total. The molecule has 1 unspecified atom stereocenters. The fourth-order valence-corrected chi connectivity index (χ4v) is 1.46. The van der Waals surface area contributed by atoms with Crippen molar-refractivity contribution in [2.45, 2.75) is 25.9 Å². The van der Waals surface area contributed by atoms with Gasteiger partial charge in [0.2, 0.25) is 0 Å². The Morgan fingerprint density at radius 3 is 2.46 bits per heavy atom. The first-order valence-corrected chi connectivity index (χ1v) is 4.65. The third-order valence-electron chi connectivity index (χ3n) is 2.03. The summed E-state index contributed by atoms with van der Waals surface area (Å²) in [6.45, 7) is 2.21. The minimum Gasteiger partial charge on any atom is -0.330 e. The lowest BCUT2D eigenvalue weighted by Gasteiger charge is -2.08. The average molecular weight is 181 g/mol. The molecule has 0 fully saturated rings. The van der Waals surface area contributed by atoms with Crippen molar-refractivity contribution in [1.82, 2.24) is 0 Å². The van der Waals surface area contributed by atoms with Gasteiger partial charge in [-0.2, -0.15) is 0 Å². The lowest BCUT2D eigenvalue weighted by Crippen LogP contribution is -2.07. The Kier molecular flexibility index (Phi) is 3.90. The van der Waals surface area contributed by atoms with Crippen molar-refractivity contribution in [2.75, 3.05) is 6.54 Å². The summed E-state index contributed by atoms with van der Waals surface area (Å²) >= 11 is 0. The van der Waals surface area contributed by atoms with Crippen LogP contribution in [0, 0.1) is 0 Å². The summed E-state index contributed by atoms with van der Waals surface area (Å²) < 4.78 is 12.8. The van der Waals surface area contributed by atoms with Crippen LogP contribution in [0.25, 0.3) is 0 Å². The van der Waals surface area contributed by atoms with E-state index in [4.69, 9.17) is 5.73 Å². The molecular weight excluding hydrogens is 165 g/mol. The first-order chi connectivity index (χ1) is 6.24. The van der Waals surface area contributed by atoms with Crippen molar-refractivity contribution in [3.63, 3.8) is 0 Å². The van der Waals surface area contributed by atoms with E-state index in [0.29, 0.717) is 13.0 Å². The van der Waals surface area contributed by atoms with E-state index in [1.165, 1.54) is 5.56 Å². The molecular formula is C11H16FN. The predicted octanol–water partition coefficient (Wildman–Crippen LogP) is 2.09. The Hall–Kier alpha value is -0.890. The van der Waals surface area contributed by atoms with Gasteiger partial charge in [0.15, 0.2) is 0 Å². The molecule has 0 heterocycles. The Labute approximate surface area is 78.8 Å². The van der Waals surface area contributed by atoms with Gasteiger partial charge in [-0.3, -0.25) is 0 Å². The van der Waals surface area contributed by atoms with Gasteiger partial charge in [0, 0.05) is 6.42 Å². The maximum Gasteiger partial charge on any atom is 0.101 e. The molecule has 0 spiro atoms. The summed E-state index contributed by atoms with van der Waals surface area (Å²) in [5.41, 5.74) is 7.73. The van der Waals surface area contributed by atoms with Crippen molar-refractivity contribution in [3.05, 3.63) is 35.4 Å². The second-order valence-corrected chi connectivity index (χ2v) is 3.29. The van der Waals surface area contributed by atoms with Crippen LogP contribution < -0.4 is 5.73 Å². The number of hydrogen-bond acceptors (Lipinski definition) is 1. The summed E-state index contributed by atoms with van der Waals surface area (Å²) in [5.74, 6) is 0. The standard InChI is InChI=1S/C11H16FN/c1-9(12)8-11-5-3-2-4-10(11)6-7-13/h2-5,9H,6-8,13H2,1H3. The number of nitrogens with two attached hydrogens (primary N) is 1. The van der Waals surface area contributed by atoms with Crippen LogP contribution in [0.15, 0.2) is 24.3 Å². The van der Waals surface area contributed by atoms with Gasteiger partial charge in [-0.05, 0) is 31.0 Å². The molecule has 0 bridgehead atoms. The topological polar surface area (TPSA) is 26.0 Å². The van der Waals surface area contributed by atoms with E-state index in [1.807, 2.05) is 24.3 Å². The highest BCUT2D eigenvalue weighted by Gasteiger charge is 2.04. The summed E-state index contributed by atoms with van der Waals surface area (Å²) in [6, 6.07) is 7.90. The van der Waals surface area contributed by atoms with Crippen LogP contribution in [0.5, 0.6) is 0 Å². The molecule has 0 amide bonds. The molecule has 1 aromatic carbocycles. The first kappa shape index (κ1) is 10.2. The number of alkyl halides is 1. The maximum absolute atomic E-state index is 12.8. The zero-order valence-electron chi connectivity index (χ0n) is 7.96. The van der Waals surface area contributed by atoms with Crippen molar-refractivity contribution < 1.29 is 4.39 Å². The quantitative estimate of drug-likeness (QED) is 0.756. The van der Waals surface area contributed by atoms with Crippen LogP contribution >= 0.6 is 0 Å². The molecule has 0 saturated heterocycles. The fourth-order valence-electron chi connectivity index (χ4n) is 1.46. The maximum atomic E-state index is 12.8. The van der Waals surface area contributed by atoms with Gasteiger partial charge in [0.25, 0.3) is 0 Å². The van der Waals surface area contributed by atoms with Crippen molar-refractivity contribution in [1.29, 1.82) is 0 Å². The van der Waals surface area contributed by atoms with Gasteiger partial charge in [0.05, 0.1) is 0 Å². The van der Waals surface area contributed by atoms with Gasteiger partial charge in [-0.25, -0.2) is 4.39 Å². The van der Waals surface area contributed by atoms with Gasteiger partial charge in [-0.15, -0.1) is 0 Å². The van der Waals surface area contributed by atoms with Crippen molar-refractivity contribution in [2.24, 2.45) is 5.73 Å². The van der Waals surface area contributed by atoms with E-state index in [0.717, 1.165) is 12.0 Å². The number of benzene rings is 1. The van der Waals surface area contributed by atoms with E-state index < -0.39 is 6.17 Å². The minimum absolute atomic E-state index is 0.496. The monoisotopic (exact) mass is 181 g/mol. The first-order valence-electron chi connectivity index (χ1n) is 4.65. The summed E-state index contributed by atoms with van der Waals surface area (Å²) in [4.78, 5) is 0. The summed E-state index contributed by atoms with van der Waals surface area (Å²) in [6.07, 6.45) is 0.554. The fraction of sp³-hybridized carbons (Fsp3) is 0.455. The molecule has 13 heavy (non-hydrogen) atoms. The average Bonchev–Trinajstić information content (AvgIpc) is 2.08. The van der Waals surface area contributed by atoms with E-state index in [9.17, 15) is 4.39 Å². The molecule has 0 saturated carbocycles. The molecule has 0 aliphatic carbocycles. The Bertz CT molecular complexity index is 258. The third kappa shape index (κ3) is 3.15. The number of halogens is 1. The molecule has 1 rings (SSSR count). The van der Waals surface area contributed by atoms with Crippen LogP contribution in [-0.4, -0.2) is 12.7 Å². The Morgan fingerprint density at radius 1 is 1.31 bits per heavy atom. The molecule has 1 aromatic rings. The molecule has 72 valence electrons. The number of rotatable bonds is 4. The van der Waals surface area contributed by atoms with Gasteiger partial charge < -0.3 is 5.73 Å². The zero-order chi connectivity index (χ0) is 9.68. The van der Waals surface area contributed by atoms with Crippen LogP contribution in [0.3, 0.4) is 0 Å². The second kappa shape index (κ2) is 4.97. The van der Waals surface area contributed by atoms with Crippen LogP contribution in [0.4, 0.5) is 4.39 Å². The summed E-state index contributed by atoms with van der Waals surface area (Å²) in [5, 5.41) is 0. The highest BCUT2D eigenvalue weighted by Crippen LogP contribution is 2.12. The zero-order valence-corrected chi connectivity index (χ0v) is 7.96. The summed E-state index contributed by atoms with van der Waals surface area (Å²) in [7, 11) is 0. The normalized spacial score (nSPS) is 12.8. The molecule has 2 heteroatoms. The predicted molar refractivity (Wildman–Crippen MR) is 53.5 cm³/mol. The highest BCUT2D eigenvalue weighted by molar-refractivity contribution is 5.27. The molecule has 0 radical (unpaired) electrons. The van der Waals surface area contributed by atoms with Crippen LogP contribution in [-0.2, 0) is 12.8 Å². The SMILES string of the molecule is CC(F)Cc1ccccc1CCN. The van der Waals surface area contributed by atoms with Gasteiger partial charge in [0.1, 0.15) is 6.17 Å². The second-order valence-electron chi connectivity index (χ2n) is 3.29. The highest BCUT2D eigenvalue weighted by atomic mass is 19.1. The lowest BCUT2D eigenvalue weighted by molar-refractivity contribution is 0.359. The molecule has 1 nitrogen and oxygen atoms in total. The molecule has 0 aromatic heterocycles. The smallest absolute Gasteiger partial charge is 0.101 e. The minimum atomic E-state index is -0.779. The van der Waals surface area contributed by atoms with Crippen LogP contribution in [0.1, 0.15) is 18.1 Å². The van der Waals surface area contributed by atoms with Gasteiger partial charge >= 0.3 is 0 Å². The Balaban J connectivity index is 2.78. The van der Waals surface area contributed by atoms with E-state index in [-0.39, 0.29) is 0 Å².